The molecule has 30 heavy (non-hydrogen) atoms. The molecule has 1 N–H and O–H groups in total. The van der Waals surface area contributed by atoms with Crippen LogP contribution in [0.5, 0.6) is 5.75 Å². The molecule has 6 heteroatoms. The zero-order valence-electron chi connectivity index (χ0n) is 16.0. The number of H-pyrrole nitrogens is 1. The third-order valence-electron chi connectivity index (χ3n) is 5.38. The molecule has 152 valence electrons. The molecule has 0 unspecified atom stereocenters. The summed E-state index contributed by atoms with van der Waals surface area (Å²) in [5.41, 5.74) is 6.24. The number of para-hydroxylation sites is 1. The van der Waals surface area contributed by atoms with E-state index in [2.05, 4.69) is 26.8 Å². The number of ether oxygens (including phenoxy) is 1. The standard InChI is InChI=1S/C24H19F3N2O/c25-24(26,27)30-20-10-8-15(9-11-20)21-5-1-3-18-14-19(29-23(18)21)13-17-4-2-12-28-22(17)16-6-7-16/h1-5,8-12,14,16,29H,6-7,13H2. The molecule has 1 saturated carbocycles. The third-order valence-corrected chi connectivity index (χ3v) is 5.38. The maximum atomic E-state index is 12.4. The summed E-state index contributed by atoms with van der Waals surface area (Å²) in [6.45, 7) is 0. The number of benzene rings is 2. The summed E-state index contributed by atoms with van der Waals surface area (Å²) in [6, 6.07) is 18.1. The Labute approximate surface area is 171 Å². The number of fused-ring (bicyclic) bond motifs is 1. The minimum atomic E-state index is -4.69. The molecule has 0 spiro atoms. The Morgan fingerprint density at radius 1 is 1.00 bits per heavy atom. The molecule has 1 aliphatic rings. The zero-order chi connectivity index (χ0) is 20.7. The van der Waals surface area contributed by atoms with Crippen LogP contribution < -0.4 is 4.74 Å². The molecule has 0 radical (unpaired) electrons. The topological polar surface area (TPSA) is 37.9 Å². The highest BCUT2D eigenvalue weighted by molar-refractivity contribution is 5.94. The second-order valence-corrected chi connectivity index (χ2v) is 7.64. The summed E-state index contributed by atoms with van der Waals surface area (Å²) in [4.78, 5) is 8.10. The lowest BCUT2D eigenvalue weighted by atomic mass is 10.0. The number of halogens is 3. The van der Waals surface area contributed by atoms with Crippen LogP contribution >= 0.6 is 0 Å². The molecule has 2 aromatic heterocycles. The molecular formula is C24H19F3N2O. The van der Waals surface area contributed by atoms with Crippen molar-refractivity contribution >= 4 is 10.9 Å². The van der Waals surface area contributed by atoms with E-state index in [1.807, 2.05) is 30.5 Å². The van der Waals surface area contributed by atoms with Crippen LogP contribution in [0.25, 0.3) is 22.0 Å². The van der Waals surface area contributed by atoms with Crippen LogP contribution in [0.3, 0.4) is 0 Å². The molecule has 0 aliphatic heterocycles. The number of nitrogens with zero attached hydrogens (tertiary/aromatic N) is 1. The van der Waals surface area contributed by atoms with Crippen LogP contribution in [0.2, 0.25) is 0 Å². The van der Waals surface area contributed by atoms with Gasteiger partial charge in [-0.2, -0.15) is 0 Å². The van der Waals surface area contributed by atoms with Gasteiger partial charge in [0.25, 0.3) is 0 Å². The van der Waals surface area contributed by atoms with Crippen LogP contribution in [0.4, 0.5) is 13.2 Å². The highest BCUT2D eigenvalue weighted by Crippen LogP contribution is 2.41. The number of hydrogen-bond acceptors (Lipinski definition) is 2. The molecular weight excluding hydrogens is 389 g/mol. The first-order valence-electron chi connectivity index (χ1n) is 9.87. The van der Waals surface area contributed by atoms with Crippen molar-refractivity contribution in [2.24, 2.45) is 0 Å². The second-order valence-electron chi connectivity index (χ2n) is 7.64. The molecule has 2 aromatic carbocycles. The van der Waals surface area contributed by atoms with Crippen molar-refractivity contribution in [1.29, 1.82) is 0 Å². The van der Waals surface area contributed by atoms with E-state index >= 15 is 0 Å². The molecule has 0 bridgehead atoms. The van der Waals surface area contributed by atoms with Gasteiger partial charge in [0, 0.05) is 40.9 Å². The van der Waals surface area contributed by atoms with Crippen molar-refractivity contribution in [1.82, 2.24) is 9.97 Å². The lowest BCUT2D eigenvalue weighted by Crippen LogP contribution is -2.16. The van der Waals surface area contributed by atoms with E-state index in [9.17, 15) is 13.2 Å². The van der Waals surface area contributed by atoms with E-state index in [0.29, 0.717) is 5.92 Å². The van der Waals surface area contributed by atoms with Gasteiger partial charge in [-0.25, -0.2) is 0 Å². The lowest BCUT2D eigenvalue weighted by molar-refractivity contribution is -0.274. The van der Waals surface area contributed by atoms with Gasteiger partial charge < -0.3 is 9.72 Å². The van der Waals surface area contributed by atoms with E-state index in [-0.39, 0.29) is 5.75 Å². The van der Waals surface area contributed by atoms with Gasteiger partial charge in [0.05, 0.1) is 5.52 Å². The lowest BCUT2D eigenvalue weighted by Gasteiger charge is -2.10. The summed E-state index contributed by atoms with van der Waals surface area (Å²) in [5, 5.41) is 1.06. The number of aromatic nitrogens is 2. The smallest absolute Gasteiger partial charge is 0.406 e. The number of aromatic amines is 1. The largest absolute Gasteiger partial charge is 0.573 e. The molecule has 3 nitrogen and oxygen atoms in total. The van der Waals surface area contributed by atoms with Crippen molar-refractivity contribution in [2.45, 2.75) is 31.5 Å². The second kappa shape index (κ2) is 7.20. The molecule has 0 saturated heterocycles. The predicted molar refractivity (Wildman–Crippen MR) is 109 cm³/mol. The van der Waals surface area contributed by atoms with Gasteiger partial charge in [-0.15, -0.1) is 13.2 Å². The van der Waals surface area contributed by atoms with E-state index in [0.717, 1.165) is 34.1 Å². The number of alkyl halides is 3. The van der Waals surface area contributed by atoms with Gasteiger partial charge in [0.2, 0.25) is 0 Å². The van der Waals surface area contributed by atoms with E-state index in [1.54, 1.807) is 12.1 Å². The molecule has 1 aliphatic carbocycles. The monoisotopic (exact) mass is 408 g/mol. The Bertz CT molecular complexity index is 1190. The highest BCUT2D eigenvalue weighted by atomic mass is 19.4. The minimum absolute atomic E-state index is 0.227. The highest BCUT2D eigenvalue weighted by Gasteiger charge is 2.31. The first-order chi connectivity index (χ1) is 14.5. The fourth-order valence-electron chi connectivity index (χ4n) is 3.92. The van der Waals surface area contributed by atoms with Crippen LogP contribution in [0, 0.1) is 0 Å². The minimum Gasteiger partial charge on any atom is -0.406 e. The van der Waals surface area contributed by atoms with Gasteiger partial charge in [-0.05, 0) is 48.2 Å². The Morgan fingerprint density at radius 3 is 2.53 bits per heavy atom. The Morgan fingerprint density at radius 2 is 1.80 bits per heavy atom. The number of rotatable bonds is 5. The average molecular weight is 408 g/mol. The molecule has 2 heterocycles. The first-order valence-corrected chi connectivity index (χ1v) is 9.87. The fourth-order valence-corrected chi connectivity index (χ4v) is 3.92. The molecule has 5 rings (SSSR count). The van der Waals surface area contributed by atoms with Crippen molar-refractivity contribution < 1.29 is 17.9 Å². The molecule has 0 atom stereocenters. The first kappa shape index (κ1) is 18.7. The third kappa shape index (κ3) is 3.90. The predicted octanol–water partition coefficient (Wildman–Crippen LogP) is 6.60. The maximum absolute atomic E-state index is 12.4. The fraction of sp³-hybridized carbons (Fsp3) is 0.208. The van der Waals surface area contributed by atoms with Gasteiger partial charge in [-0.1, -0.05) is 36.4 Å². The number of hydrogen-bond donors (Lipinski definition) is 1. The van der Waals surface area contributed by atoms with Crippen LogP contribution in [-0.2, 0) is 6.42 Å². The number of pyridine rings is 1. The summed E-state index contributed by atoms with van der Waals surface area (Å²) < 4.78 is 41.2. The summed E-state index contributed by atoms with van der Waals surface area (Å²) in [5.74, 6) is 0.355. The van der Waals surface area contributed by atoms with Gasteiger partial charge in [0.1, 0.15) is 5.75 Å². The molecule has 4 aromatic rings. The Balaban J connectivity index is 1.46. The Hall–Kier alpha value is -3.28. The van der Waals surface area contributed by atoms with Crippen LogP contribution in [0.15, 0.2) is 66.9 Å². The van der Waals surface area contributed by atoms with Crippen molar-refractivity contribution in [2.75, 3.05) is 0 Å². The number of nitrogens with one attached hydrogen (secondary N) is 1. The Kier molecular flexibility index (Phi) is 4.50. The maximum Gasteiger partial charge on any atom is 0.573 e. The molecule has 0 amide bonds. The quantitative estimate of drug-likeness (QED) is 0.404. The SMILES string of the molecule is FC(F)(F)Oc1ccc(-c2cccc3cc(Cc4cccnc4C4CC4)[nH]c23)cc1. The van der Waals surface area contributed by atoms with Crippen molar-refractivity contribution in [3.8, 4) is 16.9 Å². The van der Waals surface area contributed by atoms with Gasteiger partial charge >= 0.3 is 6.36 Å². The van der Waals surface area contributed by atoms with E-state index in [1.165, 1.54) is 36.2 Å². The van der Waals surface area contributed by atoms with Gasteiger partial charge in [0.15, 0.2) is 0 Å². The van der Waals surface area contributed by atoms with Crippen LogP contribution in [0.1, 0.15) is 35.7 Å². The zero-order valence-corrected chi connectivity index (χ0v) is 16.0. The summed E-state index contributed by atoms with van der Waals surface area (Å²) in [6.07, 6.45) is 0.337. The summed E-state index contributed by atoms with van der Waals surface area (Å²) in [7, 11) is 0. The van der Waals surface area contributed by atoms with E-state index in [4.69, 9.17) is 0 Å². The average Bonchev–Trinajstić information content (AvgIpc) is 3.47. The molecule has 1 fully saturated rings. The van der Waals surface area contributed by atoms with E-state index < -0.39 is 6.36 Å². The summed E-state index contributed by atoms with van der Waals surface area (Å²) >= 11 is 0. The van der Waals surface area contributed by atoms with Crippen molar-refractivity contribution in [3.05, 3.63) is 83.8 Å². The normalized spacial score (nSPS) is 14.2. The van der Waals surface area contributed by atoms with Crippen molar-refractivity contribution in [3.63, 3.8) is 0 Å². The van der Waals surface area contributed by atoms with Gasteiger partial charge in [-0.3, -0.25) is 4.98 Å². The van der Waals surface area contributed by atoms with Crippen LogP contribution in [-0.4, -0.2) is 16.3 Å².